The van der Waals surface area contributed by atoms with Crippen LogP contribution >= 0.6 is 0 Å². The summed E-state index contributed by atoms with van der Waals surface area (Å²) in [6, 6.07) is 7.04. The zero-order valence-electron chi connectivity index (χ0n) is 11.2. The number of hydrogen-bond donors (Lipinski definition) is 2. The zero-order chi connectivity index (χ0) is 15.7. The summed E-state index contributed by atoms with van der Waals surface area (Å²) in [6.45, 7) is -1.17. The number of terminal acetylenes is 1. The monoisotopic (exact) mass is 300 g/mol. The van der Waals surface area contributed by atoms with Crippen LogP contribution < -0.4 is 15.4 Å². The molecule has 0 aliphatic carbocycles. The first-order chi connectivity index (χ1) is 9.92. The molecule has 2 N–H and O–H groups in total. The Morgan fingerprint density at radius 2 is 2.05 bits per heavy atom. The van der Waals surface area contributed by atoms with Crippen LogP contribution in [0.15, 0.2) is 24.3 Å². The van der Waals surface area contributed by atoms with Gasteiger partial charge in [0.05, 0.1) is 6.54 Å². The van der Waals surface area contributed by atoms with Gasteiger partial charge in [0.1, 0.15) is 18.9 Å². The summed E-state index contributed by atoms with van der Waals surface area (Å²) < 4.78 is 41.0. The van der Waals surface area contributed by atoms with Crippen LogP contribution in [0, 0.1) is 12.3 Å². The van der Waals surface area contributed by atoms with Crippen LogP contribution in [0.3, 0.4) is 0 Å². The van der Waals surface area contributed by atoms with E-state index in [-0.39, 0.29) is 19.7 Å². The van der Waals surface area contributed by atoms with Gasteiger partial charge >= 0.3 is 6.18 Å². The van der Waals surface area contributed by atoms with Crippen molar-refractivity contribution in [1.82, 2.24) is 10.6 Å². The molecule has 0 aliphatic heterocycles. The number of amides is 1. The van der Waals surface area contributed by atoms with E-state index in [2.05, 4.69) is 11.2 Å². The van der Waals surface area contributed by atoms with E-state index >= 15 is 0 Å². The number of nitrogens with one attached hydrogen (secondary N) is 2. The van der Waals surface area contributed by atoms with Gasteiger partial charge in [-0.3, -0.25) is 4.79 Å². The van der Waals surface area contributed by atoms with Crippen molar-refractivity contribution in [2.75, 3.05) is 19.7 Å². The minimum absolute atomic E-state index is 0.114. The first-order valence-corrected chi connectivity index (χ1v) is 6.10. The van der Waals surface area contributed by atoms with Gasteiger partial charge in [-0.1, -0.05) is 24.1 Å². The highest BCUT2D eigenvalue weighted by Crippen LogP contribution is 2.17. The maximum Gasteiger partial charge on any atom is 0.405 e. The van der Waals surface area contributed by atoms with Gasteiger partial charge < -0.3 is 15.4 Å². The molecule has 114 valence electrons. The molecule has 4 nitrogen and oxygen atoms in total. The Morgan fingerprint density at radius 1 is 1.33 bits per heavy atom. The second kappa shape index (κ2) is 8.17. The molecule has 0 radical (unpaired) electrons. The van der Waals surface area contributed by atoms with E-state index in [1.165, 1.54) is 0 Å². The molecule has 7 heteroatoms. The lowest BCUT2D eigenvalue weighted by atomic mass is 10.2. The largest absolute Gasteiger partial charge is 0.481 e. The van der Waals surface area contributed by atoms with Crippen LogP contribution in [-0.2, 0) is 11.3 Å². The molecule has 0 heterocycles. The lowest BCUT2D eigenvalue weighted by molar-refractivity contribution is -0.137. The van der Waals surface area contributed by atoms with Crippen molar-refractivity contribution in [3.8, 4) is 18.1 Å². The predicted molar refractivity (Wildman–Crippen MR) is 71.5 cm³/mol. The molecule has 1 aromatic rings. The molecule has 21 heavy (non-hydrogen) atoms. The van der Waals surface area contributed by atoms with Crippen LogP contribution in [0.4, 0.5) is 13.2 Å². The first-order valence-electron chi connectivity index (χ1n) is 6.10. The standard InChI is InChI=1S/C14H15F3N2O2/c1-2-7-21-12-6-4-3-5-11(12)8-18-9-13(20)19-10-14(15,16)17/h1,3-6,18H,7-10H2,(H,19,20). The zero-order valence-corrected chi connectivity index (χ0v) is 11.2. The summed E-state index contributed by atoms with van der Waals surface area (Å²) in [5.41, 5.74) is 0.761. The number of ether oxygens (including phenoxy) is 1. The molecule has 1 amide bonds. The number of alkyl halides is 3. The summed E-state index contributed by atoms with van der Waals surface area (Å²) in [5.74, 6) is 2.18. The van der Waals surface area contributed by atoms with E-state index < -0.39 is 18.6 Å². The summed E-state index contributed by atoms with van der Waals surface area (Å²) in [6.07, 6.45) is 0.688. The van der Waals surface area contributed by atoms with Crippen molar-refractivity contribution >= 4 is 5.91 Å². The minimum atomic E-state index is -4.41. The number of halogens is 3. The van der Waals surface area contributed by atoms with Crippen molar-refractivity contribution < 1.29 is 22.7 Å². The third kappa shape index (κ3) is 7.22. The number of carbonyl (C=O) groups excluding carboxylic acids is 1. The predicted octanol–water partition coefficient (Wildman–Crippen LogP) is 1.47. The summed E-state index contributed by atoms with van der Waals surface area (Å²) in [5, 5.41) is 4.52. The Labute approximate surface area is 120 Å². The Bertz CT molecular complexity index is 510. The quantitative estimate of drug-likeness (QED) is 0.750. The fraction of sp³-hybridized carbons (Fsp3) is 0.357. The van der Waals surface area contributed by atoms with Gasteiger partial charge in [0.15, 0.2) is 0 Å². The van der Waals surface area contributed by atoms with E-state index in [0.717, 1.165) is 5.56 Å². The molecule has 0 saturated carbocycles. The SMILES string of the molecule is C#CCOc1ccccc1CNCC(=O)NCC(F)(F)F. The number of rotatable bonds is 7. The van der Waals surface area contributed by atoms with E-state index in [9.17, 15) is 18.0 Å². The lowest BCUT2D eigenvalue weighted by Gasteiger charge is -2.11. The highest BCUT2D eigenvalue weighted by atomic mass is 19.4. The Balaban J connectivity index is 2.39. The molecular weight excluding hydrogens is 285 g/mol. The molecule has 0 saturated heterocycles. The van der Waals surface area contributed by atoms with Gasteiger partial charge in [0.25, 0.3) is 0 Å². The number of para-hydroxylation sites is 1. The number of benzene rings is 1. The van der Waals surface area contributed by atoms with Crippen molar-refractivity contribution in [1.29, 1.82) is 0 Å². The van der Waals surface area contributed by atoms with Gasteiger partial charge in [-0.05, 0) is 6.07 Å². The summed E-state index contributed by atoms with van der Waals surface area (Å²) in [7, 11) is 0. The molecule has 0 aromatic heterocycles. The molecule has 0 unspecified atom stereocenters. The maximum atomic E-state index is 11.9. The fourth-order valence-corrected chi connectivity index (χ4v) is 1.48. The lowest BCUT2D eigenvalue weighted by Crippen LogP contribution is -2.39. The number of carbonyl (C=O) groups is 1. The Kier molecular flexibility index (Phi) is 6.56. The molecule has 0 fully saturated rings. The van der Waals surface area contributed by atoms with Crippen LogP contribution in [0.1, 0.15) is 5.56 Å². The Morgan fingerprint density at radius 3 is 2.71 bits per heavy atom. The van der Waals surface area contributed by atoms with Gasteiger partial charge in [-0.2, -0.15) is 13.2 Å². The number of hydrogen-bond acceptors (Lipinski definition) is 3. The second-order valence-electron chi connectivity index (χ2n) is 4.10. The third-order valence-electron chi connectivity index (χ3n) is 2.37. The van der Waals surface area contributed by atoms with Gasteiger partial charge in [-0.15, -0.1) is 6.42 Å². The molecular formula is C14H15F3N2O2. The van der Waals surface area contributed by atoms with Crippen LogP contribution in [0.5, 0.6) is 5.75 Å². The van der Waals surface area contributed by atoms with Crippen molar-refractivity contribution in [2.45, 2.75) is 12.7 Å². The Hall–Kier alpha value is -2.20. The molecule has 0 aliphatic rings. The first kappa shape index (κ1) is 16.9. The normalized spacial score (nSPS) is 10.8. The van der Waals surface area contributed by atoms with Gasteiger partial charge in [-0.25, -0.2) is 0 Å². The van der Waals surface area contributed by atoms with E-state index in [4.69, 9.17) is 11.2 Å². The van der Waals surface area contributed by atoms with Gasteiger partial charge in [0.2, 0.25) is 5.91 Å². The van der Waals surface area contributed by atoms with E-state index in [0.29, 0.717) is 5.75 Å². The topological polar surface area (TPSA) is 50.4 Å². The molecule has 0 spiro atoms. The summed E-state index contributed by atoms with van der Waals surface area (Å²) >= 11 is 0. The van der Waals surface area contributed by atoms with Crippen LogP contribution in [-0.4, -0.2) is 31.8 Å². The molecule has 0 atom stereocenters. The maximum absolute atomic E-state index is 11.9. The second-order valence-corrected chi connectivity index (χ2v) is 4.10. The van der Waals surface area contributed by atoms with Crippen LogP contribution in [0.25, 0.3) is 0 Å². The highest BCUT2D eigenvalue weighted by Gasteiger charge is 2.27. The third-order valence-corrected chi connectivity index (χ3v) is 2.37. The van der Waals surface area contributed by atoms with Crippen molar-refractivity contribution in [3.63, 3.8) is 0 Å². The highest BCUT2D eigenvalue weighted by molar-refractivity contribution is 5.78. The van der Waals surface area contributed by atoms with E-state index in [1.54, 1.807) is 29.6 Å². The van der Waals surface area contributed by atoms with E-state index in [1.807, 2.05) is 0 Å². The minimum Gasteiger partial charge on any atom is -0.481 e. The molecule has 1 aromatic carbocycles. The van der Waals surface area contributed by atoms with Crippen LogP contribution in [0.2, 0.25) is 0 Å². The van der Waals surface area contributed by atoms with Crippen molar-refractivity contribution in [3.05, 3.63) is 29.8 Å². The summed E-state index contributed by atoms with van der Waals surface area (Å²) in [4.78, 5) is 11.2. The van der Waals surface area contributed by atoms with Crippen molar-refractivity contribution in [2.24, 2.45) is 0 Å². The average molecular weight is 300 g/mol. The molecule has 0 bridgehead atoms. The van der Waals surface area contributed by atoms with Gasteiger partial charge in [0, 0.05) is 12.1 Å². The average Bonchev–Trinajstić information content (AvgIpc) is 2.43. The molecule has 1 rings (SSSR count). The fourth-order valence-electron chi connectivity index (χ4n) is 1.48. The smallest absolute Gasteiger partial charge is 0.405 e.